The van der Waals surface area contributed by atoms with Gasteiger partial charge in [-0.1, -0.05) is 0 Å². The van der Waals surface area contributed by atoms with Crippen LogP contribution >= 0.6 is 0 Å². The molecule has 4 nitrogen and oxygen atoms in total. The average Bonchev–Trinajstić information content (AvgIpc) is 2.31. The van der Waals surface area contributed by atoms with E-state index in [1.54, 1.807) is 13.0 Å². The highest BCUT2D eigenvalue weighted by molar-refractivity contribution is 5.72. The smallest absolute Gasteiger partial charge is 0.310 e. The Morgan fingerprint density at radius 1 is 1.53 bits per heavy atom. The molecule has 0 spiro atoms. The Bertz CT molecular complexity index is 466. The monoisotopic (exact) mass is 237 g/mol. The molecule has 0 heterocycles. The molecule has 0 radical (unpaired) electrons. The average molecular weight is 237 g/mol. The van der Waals surface area contributed by atoms with Gasteiger partial charge < -0.3 is 9.84 Å². The van der Waals surface area contributed by atoms with E-state index >= 15 is 0 Å². The summed E-state index contributed by atoms with van der Waals surface area (Å²) in [6.07, 6.45) is -0.210. The number of esters is 1. The van der Waals surface area contributed by atoms with Gasteiger partial charge in [0.05, 0.1) is 31.3 Å². The summed E-state index contributed by atoms with van der Waals surface area (Å²) in [5.74, 6) is -1.19. The first-order valence-corrected chi connectivity index (χ1v) is 5.10. The van der Waals surface area contributed by atoms with Crippen LogP contribution in [0.2, 0.25) is 0 Å². The van der Waals surface area contributed by atoms with Crippen molar-refractivity contribution in [2.45, 2.75) is 20.0 Å². The minimum atomic E-state index is -0.646. The first kappa shape index (κ1) is 13.1. The van der Waals surface area contributed by atoms with E-state index in [4.69, 9.17) is 15.1 Å². The molecule has 0 fully saturated rings. The van der Waals surface area contributed by atoms with Crippen LogP contribution in [0.15, 0.2) is 12.1 Å². The summed E-state index contributed by atoms with van der Waals surface area (Å²) in [5.41, 5.74) is 0.484. The maximum atomic E-state index is 13.5. The number of rotatable bonds is 4. The molecule has 1 aromatic rings. The van der Waals surface area contributed by atoms with E-state index < -0.39 is 11.8 Å². The van der Waals surface area contributed by atoms with E-state index in [2.05, 4.69) is 0 Å². The van der Waals surface area contributed by atoms with E-state index in [0.29, 0.717) is 5.56 Å². The summed E-state index contributed by atoms with van der Waals surface area (Å²) in [6.45, 7) is 1.51. The van der Waals surface area contributed by atoms with Crippen molar-refractivity contribution >= 4 is 5.97 Å². The topological polar surface area (TPSA) is 70.3 Å². The van der Waals surface area contributed by atoms with Crippen LogP contribution in [0.4, 0.5) is 4.39 Å². The Morgan fingerprint density at radius 3 is 2.76 bits per heavy atom. The number of aliphatic hydroxyl groups is 1. The predicted molar refractivity (Wildman–Crippen MR) is 57.4 cm³/mol. The molecule has 0 saturated carbocycles. The van der Waals surface area contributed by atoms with Crippen LogP contribution in [0, 0.1) is 17.1 Å². The highest BCUT2D eigenvalue weighted by Gasteiger charge is 2.13. The van der Waals surface area contributed by atoms with Gasteiger partial charge in [-0.25, -0.2) is 4.39 Å². The summed E-state index contributed by atoms with van der Waals surface area (Å²) in [6, 6.07) is 4.10. The van der Waals surface area contributed by atoms with Gasteiger partial charge in [-0.2, -0.15) is 5.26 Å². The molecule has 0 aliphatic heterocycles. The number of ether oxygens (including phenoxy) is 1. The third-order valence-corrected chi connectivity index (χ3v) is 2.20. The minimum Gasteiger partial charge on any atom is -0.466 e. The van der Waals surface area contributed by atoms with Crippen LogP contribution < -0.4 is 0 Å². The zero-order valence-electron chi connectivity index (χ0n) is 9.36. The Balaban J connectivity index is 3.01. The zero-order chi connectivity index (χ0) is 12.8. The standard InChI is InChI=1S/C12H12FNO3/c1-2-17-12(16)5-8-3-10(7-15)9(6-14)4-11(8)13/h3-4,15H,2,5,7H2,1H3. The highest BCUT2D eigenvalue weighted by atomic mass is 19.1. The van der Waals surface area contributed by atoms with E-state index in [1.807, 2.05) is 0 Å². The van der Waals surface area contributed by atoms with Crippen LogP contribution in [0.5, 0.6) is 0 Å². The normalized spacial score (nSPS) is 9.76. The fourth-order valence-electron chi connectivity index (χ4n) is 1.41. The number of aliphatic hydroxyl groups excluding tert-OH is 1. The second-order valence-electron chi connectivity index (χ2n) is 3.35. The van der Waals surface area contributed by atoms with E-state index in [1.165, 1.54) is 6.07 Å². The summed E-state index contributed by atoms with van der Waals surface area (Å²) < 4.78 is 18.2. The molecule has 0 aromatic heterocycles. The molecule has 1 N–H and O–H groups in total. The third kappa shape index (κ3) is 3.26. The van der Waals surface area contributed by atoms with Crippen LogP contribution in [-0.4, -0.2) is 17.7 Å². The molecule has 0 atom stereocenters. The maximum absolute atomic E-state index is 13.5. The van der Waals surface area contributed by atoms with Gasteiger partial charge in [0.1, 0.15) is 5.82 Å². The van der Waals surface area contributed by atoms with Crippen LogP contribution in [-0.2, 0) is 22.6 Å². The maximum Gasteiger partial charge on any atom is 0.310 e. The molecule has 17 heavy (non-hydrogen) atoms. The molecular formula is C12H12FNO3. The number of hydrogen-bond acceptors (Lipinski definition) is 4. The molecule has 0 unspecified atom stereocenters. The fourth-order valence-corrected chi connectivity index (χ4v) is 1.41. The Hall–Kier alpha value is -1.93. The summed E-state index contributed by atoms with van der Waals surface area (Å²) in [5, 5.41) is 17.7. The van der Waals surface area contributed by atoms with Gasteiger partial charge in [0.25, 0.3) is 0 Å². The Labute approximate surface area is 98.2 Å². The fraction of sp³-hybridized carbons (Fsp3) is 0.333. The third-order valence-electron chi connectivity index (χ3n) is 2.20. The van der Waals surface area contributed by atoms with E-state index in [0.717, 1.165) is 6.07 Å². The predicted octanol–water partition coefficient (Wildman–Crippen LogP) is 1.30. The molecule has 5 heteroatoms. The largest absolute Gasteiger partial charge is 0.466 e. The molecule has 0 amide bonds. The number of nitriles is 1. The van der Waals surface area contributed by atoms with Gasteiger partial charge in [0, 0.05) is 0 Å². The van der Waals surface area contributed by atoms with Crippen LogP contribution in [0.25, 0.3) is 0 Å². The lowest BCUT2D eigenvalue weighted by atomic mass is 10.0. The lowest BCUT2D eigenvalue weighted by Gasteiger charge is -2.07. The number of halogens is 1. The van der Waals surface area contributed by atoms with Crippen LogP contribution in [0.3, 0.4) is 0 Å². The van der Waals surface area contributed by atoms with Gasteiger partial charge in [-0.3, -0.25) is 4.79 Å². The van der Waals surface area contributed by atoms with Gasteiger partial charge in [-0.15, -0.1) is 0 Å². The van der Waals surface area contributed by atoms with Gasteiger partial charge in [0.2, 0.25) is 0 Å². The Kier molecular flexibility index (Phi) is 4.61. The lowest BCUT2D eigenvalue weighted by Crippen LogP contribution is -2.09. The van der Waals surface area contributed by atoms with Gasteiger partial charge >= 0.3 is 5.97 Å². The molecule has 1 rings (SSSR count). The van der Waals surface area contributed by atoms with Gasteiger partial charge in [0.15, 0.2) is 0 Å². The second-order valence-corrected chi connectivity index (χ2v) is 3.35. The van der Waals surface area contributed by atoms with Crippen LogP contribution in [0.1, 0.15) is 23.6 Å². The number of carbonyl (C=O) groups excluding carboxylic acids is 1. The zero-order valence-corrected chi connectivity index (χ0v) is 9.36. The number of benzene rings is 1. The molecule has 0 bridgehead atoms. The molecule has 0 saturated heterocycles. The first-order chi connectivity index (χ1) is 8.12. The SMILES string of the molecule is CCOC(=O)Cc1cc(CO)c(C#N)cc1F. The molecular weight excluding hydrogens is 225 g/mol. The van der Waals surface area contributed by atoms with Crippen molar-refractivity contribution in [3.05, 3.63) is 34.6 Å². The molecule has 0 aliphatic carbocycles. The molecule has 90 valence electrons. The molecule has 0 aliphatic rings. The van der Waals surface area contributed by atoms with Crippen molar-refractivity contribution in [3.8, 4) is 6.07 Å². The molecule has 1 aromatic carbocycles. The van der Waals surface area contributed by atoms with Crippen molar-refractivity contribution in [3.63, 3.8) is 0 Å². The summed E-state index contributed by atoms with van der Waals surface area (Å²) in [4.78, 5) is 11.2. The number of hydrogen-bond donors (Lipinski definition) is 1. The minimum absolute atomic E-state index is 0.0672. The van der Waals surface area contributed by atoms with E-state index in [9.17, 15) is 9.18 Å². The lowest BCUT2D eigenvalue weighted by molar-refractivity contribution is -0.142. The van der Waals surface area contributed by atoms with Crippen molar-refractivity contribution in [1.82, 2.24) is 0 Å². The van der Waals surface area contributed by atoms with Crippen molar-refractivity contribution in [1.29, 1.82) is 5.26 Å². The highest BCUT2D eigenvalue weighted by Crippen LogP contribution is 2.16. The quantitative estimate of drug-likeness (QED) is 0.801. The second kappa shape index (κ2) is 5.97. The number of nitrogens with zero attached hydrogens (tertiary/aromatic N) is 1. The van der Waals surface area contributed by atoms with Gasteiger partial charge in [-0.05, 0) is 30.2 Å². The first-order valence-electron chi connectivity index (χ1n) is 5.10. The van der Waals surface area contributed by atoms with Crippen molar-refractivity contribution in [2.75, 3.05) is 6.61 Å². The summed E-state index contributed by atoms with van der Waals surface area (Å²) in [7, 11) is 0. The number of carbonyl (C=O) groups is 1. The Morgan fingerprint density at radius 2 is 2.24 bits per heavy atom. The summed E-state index contributed by atoms with van der Waals surface area (Å²) >= 11 is 0. The van der Waals surface area contributed by atoms with Crippen molar-refractivity contribution in [2.24, 2.45) is 0 Å². The van der Waals surface area contributed by atoms with E-state index in [-0.39, 0.29) is 30.8 Å². The van der Waals surface area contributed by atoms with Crippen molar-refractivity contribution < 1.29 is 19.0 Å².